The van der Waals surface area contributed by atoms with Gasteiger partial charge in [-0.05, 0) is 0 Å². The maximum absolute atomic E-state index is 13.3. The number of benzene rings is 4. The molecule has 0 saturated heterocycles. The predicted molar refractivity (Wildman–Crippen MR) is 116 cm³/mol. The molecule has 0 heterocycles. The molecule has 2 nitrogen and oxygen atoms in total. The van der Waals surface area contributed by atoms with Crippen molar-refractivity contribution in [3.8, 4) is 5.75 Å². The van der Waals surface area contributed by atoms with E-state index < -0.39 is 6.10 Å². The van der Waals surface area contributed by atoms with Crippen LogP contribution in [-0.4, -0.2) is 26.8 Å². The molecule has 1 unspecified atom stereocenters. The second kappa shape index (κ2) is 8.43. The second-order valence-electron chi connectivity index (χ2n) is 6.52. The van der Waals surface area contributed by atoms with Gasteiger partial charge in [0.2, 0.25) is 0 Å². The molecular formula is C25H20O2Se. The Morgan fingerprint density at radius 1 is 0.786 bits per heavy atom. The van der Waals surface area contributed by atoms with E-state index >= 15 is 0 Å². The van der Waals surface area contributed by atoms with Gasteiger partial charge in [-0.2, -0.15) is 0 Å². The summed E-state index contributed by atoms with van der Waals surface area (Å²) in [6.45, 7) is 1.82. The van der Waals surface area contributed by atoms with E-state index in [4.69, 9.17) is 4.74 Å². The molecule has 1 atom stereocenters. The number of hydrogen-bond acceptors (Lipinski definition) is 2. The topological polar surface area (TPSA) is 26.3 Å². The van der Waals surface area contributed by atoms with Crippen LogP contribution in [0.2, 0.25) is 0 Å². The number of ketones is 1. The van der Waals surface area contributed by atoms with Gasteiger partial charge < -0.3 is 0 Å². The van der Waals surface area contributed by atoms with Crippen molar-refractivity contribution in [2.45, 2.75) is 13.0 Å². The van der Waals surface area contributed by atoms with Crippen LogP contribution >= 0.6 is 0 Å². The third-order valence-electron chi connectivity index (χ3n) is 4.53. The molecular weight excluding hydrogens is 411 g/mol. The first-order valence-electron chi connectivity index (χ1n) is 9.23. The van der Waals surface area contributed by atoms with Crippen molar-refractivity contribution in [1.29, 1.82) is 0 Å². The summed E-state index contributed by atoms with van der Waals surface area (Å²) in [6, 6.07) is 32.1. The van der Waals surface area contributed by atoms with Gasteiger partial charge in [0.25, 0.3) is 0 Å². The molecule has 0 aromatic heterocycles. The number of carbonyl (C=O) groups excluding carboxylic acids is 1. The van der Waals surface area contributed by atoms with Gasteiger partial charge in [-0.25, -0.2) is 0 Å². The van der Waals surface area contributed by atoms with Gasteiger partial charge in [-0.1, -0.05) is 0 Å². The van der Waals surface area contributed by atoms with Crippen LogP contribution in [0.3, 0.4) is 0 Å². The molecule has 0 radical (unpaired) electrons. The molecule has 0 saturated carbocycles. The third kappa shape index (κ3) is 4.01. The molecule has 0 aliphatic rings. The SMILES string of the molecule is CC(Oc1ccccc1)C(=O)c1ccc2ccccc2c1[Se]c1ccccc1. The first-order valence-corrected chi connectivity index (χ1v) is 10.9. The minimum absolute atomic E-state index is 0.0161. The fourth-order valence-corrected chi connectivity index (χ4v) is 5.44. The summed E-state index contributed by atoms with van der Waals surface area (Å²) >= 11 is 0.0274. The average Bonchev–Trinajstić information content (AvgIpc) is 2.75. The predicted octanol–water partition coefficient (Wildman–Crippen LogP) is 4.15. The van der Waals surface area contributed by atoms with Crippen molar-refractivity contribution < 1.29 is 9.53 Å². The number of carbonyl (C=O) groups is 1. The van der Waals surface area contributed by atoms with Gasteiger partial charge in [0, 0.05) is 0 Å². The molecule has 0 aliphatic heterocycles. The molecule has 0 bridgehead atoms. The second-order valence-corrected chi connectivity index (χ2v) is 8.79. The number of hydrogen-bond donors (Lipinski definition) is 0. The molecule has 0 fully saturated rings. The Kier molecular flexibility index (Phi) is 5.57. The van der Waals surface area contributed by atoms with Gasteiger partial charge in [0.15, 0.2) is 0 Å². The summed E-state index contributed by atoms with van der Waals surface area (Å²) in [5.74, 6) is 0.724. The Bertz CT molecular complexity index is 1090. The van der Waals surface area contributed by atoms with Crippen LogP contribution in [0, 0.1) is 0 Å². The Morgan fingerprint density at radius 2 is 1.43 bits per heavy atom. The minimum atomic E-state index is -0.547. The van der Waals surface area contributed by atoms with Crippen molar-refractivity contribution in [2.24, 2.45) is 0 Å². The Labute approximate surface area is 171 Å². The van der Waals surface area contributed by atoms with Crippen LogP contribution in [0.15, 0.2) is 97.1 Å². The molecule has 0 aliphatic carbocycles. The first-order chi connectivity index (χ1) is 13.7. The molecule has 4 aromatic rings. The van der Waals surface area contributed by atoms with Gasteiger partial charge in [0.1, 0.15) is 0 Å². The fraction of sp³-hybridized carbons (Fsp3) is 0.0800. The number of para-hydroxylation sites is 1. The molecule has 0 amide bonds. The van der Waals surface area contributed by atoms with Crippen molar-refractivity contribution in [3.05, 3.63) is 103 Å². The van der Waals surface area contributed by atoms with Crippen LogP contribution in [0.1, 0.15) is 17.3 Å². The van der Waals surface area contributed by atoms with E-state index in [1.54, 1.807) is 0 Å². The monoisotopic (exact) mass is 432 g/mol. The van der Waals surface area contributed by atoms with Gasteiger partial charge in [0.05, 0.1) is 0 Å². The summed E-state index contributed by atoms with van der Waals surface area (Å²) < 4.78 is 8.27. The first kappa shape index (κ1) is 18.5. The number of ether oxygens (including phenoxy) is 1. The van der Waals surface area contributed by atoms with E-state index in [1.165, 1.54) is 4.46 Å². The fourth-order valence-electron chi connectivity index (χ4n) is 3.13. The van der Waals surface area contributed by atoms with Crippen molar-refractivity contribution >= 4 is 40.4 Å². The van der Waals surface area contributed by atoms with E-state index in [9.17, 15) is 4.79 Å². The van der Waals surface area contributed by atoms with Crippen LogP contribution in [0.4, 0.5) is 0 Å². The molecule has 28 heavy (non-hydrogen) atoms. The van der Waals surface area contributed by atoms with E-state index in [1.807, 2.05) is 79.7 Å². The van der Waals surface area contributed by atoms with E-state index in [-0.39, 0.29) is 20.7 Å². The van der Waals surface area contributed by atoms with Gasteiger partial charge in [-0.3, -0.25) is 0 Å². The summed E-state index contributed by atoms with van der Waals surface area (Å²) in [5, 5.41) is 2.30. The van der Waals surface area contributed by atoms with Crippen LogP contribution in [0.25, 0.3) is 10.8 Å². The van der Waals surface area contributed by atoms with Crippen LogP contribution < -0.4 is 13.7 Å². The molecule has 3 heteroatoms. The van der Waals surface area contributed by atoms with Crippen LogP contribution in [0.5, 0.6) is 5.75 Å². The molecule has 4 aromatic carbocycles. The summed E-state index contributed by atoms with van der Waals surface area (Å²) in [5.41, 5.74) is 0.756. The molecule has 4 rings (SSSR count). The average molecular weight is 431 g/mol. The zero-order valence-electron chi connectivity index (χ0n) is 15.5. The van der Waals surface area contributed by atoms with E-state index in [2.05, 4.69) is 24.3 Å². The third-order valence-corrected chi connectivity index (χ3v) is 6.95. The number of Topliss-reactive ketones (excluding diaryl/α,β-unsaturated/α-hetero) is 1. The molecule has 138 valence electrons. The quantitative estimate of drug-likeness (QED) is 0.339. The molecule has 0 spiro atoms. The number of rotatable bonds is 6. The molecule has 0 N–H and O–H groups in total. The maximum atomic E-state index is 13.3. The van der Waals surface area contributed by atoms with E-state index in [0.29, 0.717) is 5.75 Å². The zero-order chi connectivity index (χ0) is 19.3. The van der Waals surface area contributed by atoms with Gasteiger partial charge in [-0.15, -0.1) is 0 Å². The standard InChI is InChI=1S/C25H20O2Se/c1-18(27-20-11-4-2-5-12-20)24(26)23-17-16-19-10-8-9-15-22(19)25(23)28-21-13-6-3-7-14-21/h2-18H,1H3. The Morgan fingerprint density at radius 3 is 2.18 bits per heavy atom. The van der Waals surface area contributed by atoms with Crippen molar-refractivity contribution in [1.82, 2.24) is 0 Å². The van der Waals surface area contributed by atoms with Crippen molar-refractivity contribution in [2.75, 3.05) is 0 Å². The Hall–Kier alpha value is -2.87. The van der Waals surface area contributed by atoms with E-state index in [0.717, 1.165) is 20.8 Å². The summed E-state index contributed by atoms with van der Waals surface area (Å²) in [7, 11) is 0. The zero-order valence-corrected chi connectivity index (χ0v) is 17.3. The number of fused-ring (bicyclic) bond motifs is 1. The normalized spacial score (nSPS) is 11.9. The van der Waals surface area contributed by atoms with Gasteiger partial charge >= 0.3 is 171 Å². The summed E-state index contributed by atoms with van der Waals surface area (Å²) in [4.78, 5) is 13.3. The van der Waals surface area contributed by atoms with Crippen molar-refractivity contribution in [3.63, 3.8) is 0 Å². The Balaban J connectivity index is 1.73. The van der Waals surface area contributed by atoms with Crippen LogP contribution in [-0.2, 0) is 0 Å². The summed E-state index contributed by atoms with van der Waals surface area (Å²) in [6.07, 6.45) is -0.547.